The van der Waals surface area contributed by atoms with Crippen LogP contribution < -0.4 is 10.5 Å². The molecule has 5 N–H and O–H groups in total. The first-order valence-electron chi connectivity index (χ1n) is 11.5. The number of halogens is 1. The first kappa shape index (κ1) is 25.3. The summed E-state index contributed by atoms with van der Waals surface area (Å²) in [5, 5.41) is 32.8. The summed E-state index contributed by atoms with van der Waals surface area (Å²) in [6.45, 7) is 2.93. The van der Waals surface area contributed by atoms with E-state index in [0.29, 0.717) is 23.6 Å². The van der Waals surface area contributed by atoms with Gasteiger partial charge in [-0.2, -0.15) is 0 Å². The van der Waals surface area contributed by atoms with E-state index in [1.54, 1.807) is 12.1 Å². The molecule has 9 heteroatoms. The van der Waals surface area contributed by atoms with Crippen LogP contribution in [0.1, 0.15) is 29.7 Å². The van der Waals surface area contributed by atoms with Gasteiger partial charge >= 0.3 is 0 Å². The Hall–Kier alpha value is -1.75. The van der Waals surface area contributed by atoms with Crippen molar-refractivity contribution in [3.05, 3.63) is 64.2 Å². The van der Waals surface area contributed by atoms with Gasteiger partial charge in [-0.15, -0.1) is 0 Å². The Kier molecular flexibility index (Phi) is 8.12. The first-order valence-corrected chi connectivity index (χ1v) is 11.8. The molecule has 0 aromatic heterocycles. The molecule has 1 spiro atoms. The molecule has 186 valence electrons. The molecule has 2 aromatic carbocycles. The third-order valence-corrected chi connectivity index (χ3v) is 6.64. The van der Waals surface area contributed by atoms with Gasteiger partial charge in [0.25, 0.3) is 0 Å². The van der Waals surface area contributed by atoms with E-state index in [9.17, 15) is 15.3 Å². The van der Waals surface area contributed by atoms with Crippen LogP contribution in [0.25, 0.3) is 0 Å². The quantitative estimate of drug-likeness (QED) is 0.495. The molecule has 0 radical (unpaired) electrons. The SMILES string of the molecule is CCOc1ccc(Cc2cc(C3OC4(COCC(N)COC4)C(O)C(O)C3O)ccc2Cl)cc1. The van der Waals surface area contributed by atoms with Gasteiger partial charge in [-0.3, -0.25) is 0 Å². The molecule has 0 saturated carbocycles. The van der Waals surface area contributed by atoms with Crippen LogP contribution >= 0.6 is 11.6 Å². The zero-order chi connectivity index (χ0) is 24.3. The third kappa shape index (κ3) is 5.40. The standard InChI is InChI=1S/C25H32ClNO7/c1-2-33-19-6-3-15(4-7-19)9-17-10-16(5-8-20(17)26)23-21(28)22(29)24(30)25(34-23)13-31-11-18(27)12-32-14-25/h3-8,10,18,21-24,28-30H,2,9,11-14,27H2,1H3. The second kappa shape index (κ2) is 10.9. The Morgan fingerprint density at radius 3 is 2.35 bits per heavy atom. The lowest BCUT2D eigenvalue weighted by Gasteiger charge is -2.49. The molecule has 4 rings (SSSR count). The highest BCUT2D eigenvalue weighted by atomic mass is 35.5. The van der Waals surface area contributed by atoms with E-state index < -0.39 is 30.0 Å². The zero-order valence-electron chi connectivity index (χ0n) is 19.1. The second-order valence-electron chi connectivity index (χ2n) is 8.92. The number of rotatable bonds is 5. The summed E-state index contributed by atoms with van der Waals surface area (Å²) in [5.41, 5.74) is 7.04. The van der Waals surface area contributed by atoms with Crippen LogP contribution in [0, 0.1) is 0 Å². The monoisotopic (exact) mass is 493 g/mol. The normalized spacial score (nSPS) is 32.2. The molecular weight excluding hydrogens is 462 g/mol. The molecular formula is C25H32ClNO7. The van der Waals surface area contributed by atoms with Gasteiger partial charge in [0.05, 0.1) is 39.1 Å². The maximum Gasteiger partial charge on any atom is 0.144 e. The number of hydrogen-bond donors (Lipinski definition) is 4. The van der Waals surface area contributed by atoms with E-state index in [0.717, 1.165) is 16.9 Å². The number of benzene rings is 2. The summed E-state index contributed by atoms with van der Waals surface area (Å²) in [7, 11) is 0. The number of ether oxygens (including phenoxy) is 4. The van der Waals surface area contributed by atoms with Gasteiger partial charge in [0.1, 0.15) is 35.8 Å². The molecule has 0 bridgehead atoms. The van der Waals surface area contributed by atoms with Gasteiger partial charge in [-0.1, -0.05) is 35.9 Å². The third-order valence-electron chi connectivity index (χ3n) is 6.27. The van der Waals surface area contributed by atoms with E-state index in [1.165, 1.54) is 0 Å². The van der Waals surface area contributed by atoms with Gasteiger partial charge in [-0.25, -0.2) is 0 Å². The van der Waals surface area contributed by atoms with Crippen LogP contribution in [0.3, 0.4) is 0 Å². The molecule has 2 saturated heterocycles. The lowest BCUT2D eigenvalue weighted by molar-refractivity contribution is -0.300. The van der Waals surface area contributed by atoms with Crippen LogP contribution in [-0.4, -0.2) is 78.3 Å². The van der Waals surface area contributed by atoms with Gasteiger partial charge in [0, 0.05) is 5.02 Å². The Morgan fingerprint density at radius 1 is 1.03 bits per heavy atom. The fraction of sp³-hybridized carbons (Fsp3) is 0.520. The molecule has 2 heterocycles. The number of aliphatic hydroxyl groups is 3. The summed E-state index contributed by atoms with van der Waals surface area (Å²) in [5.74, 6) is 0.798. The average Bonchev–Trinajstić information content (AvgIpc) is 2.81. The molecule has 8 nitrogen and oxygen atoms in total. The minimum absolute atomic E-state index is 0.0330. The van der Waals surface area contributed by atoms with Crippen molar-refractivity contribution in [3.63, 3.8) is 0 Å². The van der Waals surface area contributed by atoms with Crippen molar-refractivity contribution in [1.29, 1.82) is 0 Å². The summed E-state index contributed by atoms with van der Waals surface area (Å²) in [6.07, 6.45) is -4.57. The fourth-order valence-corrected chi connectivity index (χ4v) is 4.61. The van der Waals surface area contributed by atoms with Gasteiger partial charge in [0.2, 0.25) is 0 Å². The zero-order valence-corrected chi connectivity index (χ0v) is 19.9. The van der Waals surface area contributed by atoms with Gasteiger partial charge in [0.15, 0.2) is 0 Å². The topological polar surface area (TPSA) is 124 Å². The summed E-state index contributed by atoms with van der Waals surface area (Å²) < 4.78 is 23.0. The molecule has 4 unspecified atom stereocenters. The largest absolute Gasteiger partial charge is 0.494 e. The molecule has 0 aliphatic carbocycles. The fourth-order valence-electron chi connectivity index (χ4n) is 4.43. The van der Waals surface area contributed by atoms with Gasteiger partial charge < -0.3 is 40.0 Å². The van der Waals surface area contributed by atoms with Crippen LogP contribution in [0.15, 0.2) is 42.5 Å². The van der Waals surface area contributed by atoms with Crippen LogP contribution in [0.4, 0.5) is 0 Å². The molecule has 2 aliphatic rings. The molecule has 2 aromatic rings. The van der Waals surface area contributed by atoms with E-state index >= 15 is 0 Å². The molecule has 2 fully saturated rings. The highest BCUT2D eigenvalue weighted by Crippen LogP contribution is 2.40. The minimum Gasteiger partial charge on any atom is -0.494 e. The second-order valence-corrected chi connectivity index (χ2v) is 9.33. The molecule has 2 aliphatic heterocycles. The maximum atomic E-state index is 10.8. The van der Waals surface area contributed by atoms with E-state index in [4.69, 9.17) is 36.3 Å². The first-order chi connectivity index (χ1) is 16.3. The Balaban J connectivity index is 1.58. The minimum atomic E-state index is -1.45. The molecule has 0 amide bonds. The summed E-state index contributed by atoms with van der Waals surface area (Å²) >= 11 is 6.48. The molecule has 34 heavy (non-hydrogen) atoms. The van der Waals surface area contributed by atoms with Crippen LogP contribution in [0.5, 0.6) is 5.75 Å². The Morgan fingerprint density at radius 2 is 1.71 bits per heavy atom. The van der Waals surface area contributed by atoms with E-state index in [-0.39, 0.29) is 32.5 Å². The predicted molar refractivity (Wildman–Crippen MR) is 126 cm³/mol. The lowest BCUT2D eigenvalue weighted by atomic mass is 9.83. The average molecular weight is 494 g/mol. The van der Waals surface area contributed by atoms with Crippen molar-refractivity contribution >= 4 is 11.6 Å². The van der Waals surface area contributed by atoms with Crippen molar-refractivity contribution in [2.24, 2.45) is 5.73 Å². The maximum absolute atomic E-state index is 10.8. The highest BCUT2D eigenvalue weighted by Gasteiger charge is 2.54. The Labute approximate surface area is 204 Å². The van der Waals surface area contributed by atoms with Crippen molar-refractivity contribution < 1.29 is 34.3 Å². The van der Waals surface area contributed by atoms with Gasteiger partial charge in [-0.05, 0) is 48.2 Å². The van der Waals surface area contributed by atoms with Crippen molar-refractivity contribution in [2.45, 2.75) is 49.4 Å². The van der Waals surface area contributed by atoms with Crippen molar-refractivity contribution in [1.82, 2.24) is 0 Å². The number of aliphatic hydroxyl groups excluding tert-OH is 3. The van der Waals surface area contributed by atoms with Crippen molar-refractivity contribution in [3.8, 4) is 5.75 Å². The Bertz CT molecular complexity index is 947. The van der Waals surface area contributed by atoms with Crippen molar-refractivity contribution in [2.75, 3.05) is 33.0 Å². The highest BCUT2D eigenvalue weighted by molar-refractivity contribution is 6.31. The van der Waals surface area contributed by atoms with Crippen LogP contribution in [-0.2, 0) is 20.6 Å². The predicted octanol–water partition coefficient (Wildman–Crippen LogP) is 1.60. The summed E-state index contributed by atoms with van der Waals surface area (Å²) in [6, 6.07) is 12.8. The number of nitrogens with two attached hydrogens (primary N) is 1. The summed E-state index contributed by atoms with van der Waals surface area (Å²) in [4.78, 5) is 0. The van der Waals surface area contributed by atoms with E-state index in [1.807, 2.05) is 37.3 Å². The number of hydrogen-bond acceptors (Lipinski definition) is 8. The van der Waals surface area contributed by atoms with Crippen LogP contribution in [0.2, 0.25) is 5.02 Å². The molecule has 4 atom stereocenters. The lowest BCUT2D eigenvalue weighted by Crippen LogP contribution is -2.66. The smallest absolute Gasteiger partial charge is 0.144 e. The van der Waals surface area contributed by atoms with E-state index in [2.05, 4.69) is 0 Å².